The van der Waals surface area contributed by atoms with E-state index in [1.807, 2.05) is 57.2 Å². The Morgan fingerprint density at radius 3 is 2.48 bits per heavy atom. The van der Waals surface area contributed by atoms with Gasteiger partial charge in [0.2, 0.25) is 0 Å². The first-order valence-electron chi connectivity index (χ1n) is 8.30. The number of aromatic nitrogens is 1. The van der Waals surface area contributed by atoms with Crippen molar-refractivity contribution in [1.82, 2.24) is 4.98 Å². The predicted octanol–water partition coefficient (Wildman–Crippen LogP) is 3.97. The van der Waals surface area contributed by atoms with E-state index < -0.39 is 5.91 Å². The monoisotopic (exact) mass is 334 g/mol. The van der Waals surface area contributed by atoms with Gasteiger partial charge in [-0.05, 0) is 48.6 Å². The smallest absolute Gasteiger partial charge is 0.267 e. The van der Waals surface area contributed by atoms with Gasteiger partial charge < -0.3 is 10.6 Å². The van der Waals surface area contributed by atoms with Crippen LogP contribution in [0.1, 0.15) is 30.5 Å². The highest BCUT2D eigenvalue weighted by Crippen LogP contribution is 2.23. The lowest BCUT2D eigenvalue weighted by molar-refractivity contribution is -0.112. The molecule has 1 heterocycles. The molecule has 0 atom stereocenters. The van der Waals surface area contributed by atoms with Crippen LogP contribution in [-0.4, -0.2) is 10.9 Å². The molecule has 1 aromatic carbocycles. The number of carbonyl (C=O) groups is 1. The Labute approximate surface area is 148 Å². The van der Waals surface area contributed by atoms with Crippen LogP contribution in [0.25, 0.3) is 0 Å². The largest absolute Gasteiger partial charge is 0.345 e. The molecular weight excluding hydrogens is 312 g/mol. The van der Waals surface area contributed by atoms with E-state index in [4.69, 9.17) is 0 Å². The number of anilines is 2. The van der Waals surface area contributed by atoms with Gasteiger partial charge in [0.15, 0.2) is 0 Å². The number of nitrogens with one attached hydrogen (secondary N) is 2. The standard InChI is InChI=1S/C20H22N4O/c1-4-15-7-6-8-16(5-2)19(15)24-20(25)17(12-21)13-23-18-11-14(3)9-10-22-18/h6-11,13H,4-5H2,1-3H3,(H,22,23)(H,24,25)/b17-13-. The van der Waals surface area contributed by atoms with Crippen molar-refractivity contribution >= 4 is 17.4 Å². The van der Waals surface area contributed by atoms with E-state index in [-0.39, 0.29) is 5.57 Å². The molecule has 0 aliphatic rings. The minimum absolute atomic E-state index is 0.00346. The highest BCUT2D eigenvalue weighted by atomic mass is 16.1. The summed E-state index contributed by atoms with van der Waals surface area (Å²) in [5, 5.41) is 15.1. The minimum Gasteiger partial charge on any atom is -0.345 e. The molecule has 5 heteroatoms. The van der Waals surface area contributed by atoms with Crippen molar-refractivity contribution in [2.24, 2.45) is 0 Å². The van der Waals surface area contributed by atoms with E-state index >= 15 is 0 Å². The second kappa shape index (κ2) is 8.65. The number of nitrogens with zero attached hydrogens (tertiary/aromatic N) is 2. The first-order chi connectivity index (χ1) is 12.1. The Hall–Kier alpha value is -3.13. The Morgan fingerprint density at radius 2 is 1.92 bits per heavy atom. The van der Waals surface area contributed by atoms with E-state index in [0.717, 1.165) is 35.2 Å². The molecule has 0 fully saturated rings. The lowest BCUT2D eigenvalue weighted by Crippen LogP contribution is -2.17. The summed E-state index contributed by atoms with van der Waals surface area (Å²) in [6.45, 7) is 6.02. The molecule has 0 radical (unpaired) electrons. The summed E-state index contributed by atoms with van der Waals surface area (Å²) in [5.74, 6) is 0.155. The van der Waals surface area contributed by atoms with E-state index in [0.29, 0.717) is 5.82 Å². The molecular formula is C20H22N4O. The minimum atomic E-state index is -0.432. The molecule has 0 aliphatic heterocycles. The molecule has 5 nitrogen and oxygen atoms in total. The lowest BCUT2D eigenvalue weighted by Gasteiger charge is -2.14. The van der Waals surface area contributed by atoms with E-state index in [1.54, 1.807) is 6.20 Å². The number of para-hydroxylation sites is 1. The van der Waals surface area contributed by atoms with Crippen LogP contribution in [0.2, 0.25) is 0 Å². The topological polar surface area (TPSA) is 77.8 Å². The van der Waals surface area contributed by atoms with Crippen LogP contribution < -0.4 is 10.6 Å². The number of hydrogen-bond acceptors (Lipinski definition) is 4. The van der Waals surface area contributed by atoms with Crippen LogP contribution in [0.3, 0.4) is 0 Å². The van der Waals surface area contributed by atoms with Crippen LogP contribution in [0.5, 0.6) is 0 Å². The van der Waals surface area contributed by atoms with E-state index in [1.165, 1.54) is 6.20 Å². The summed E-state index contributed by atoms with van der Waals surface area (Å²) >= 11 is 0. The Kier molecular flexibility index (Phi) is 6.30. The van der Waals surface area contributed by atoms with Crippen molar-refractivity contribution in [1.29, 1.82) is 5.26 Å². The third-order valence-electron chi connectivity index (χ3n) is 3.88. The van der Waals surface area contributed by atoms with Crippen molar-refractivity contribution in [3.63, 3.8) is 0 Å². The van der Waals surface area contributed by atoms with Gasteiger partial charge in [0.05, 0.1) is 0 Å². The van der Waals surface area contributed by atoms with Gasteiger partial charge in [-0.3, -0.25) is 4.79 Å². The molecule has 0 spiro atoms. The molecule has 128 valence electrons. The van der Waals surface area contributed by atoms with Crippen LogP contribution in [0.15, 0.2) is 48.3 Å². The zero-order chi connectivity index (χ0) is 18.2. The maximum absolute atomic E-state index is 12.5. The average Bonchev–Trinajstić information content (AvgIpc) is 2.62. The SMILES string of the molecule is CCc1cccc(CC)c1NC(=O)/C(C#N)=C\Nc1cc(C)ccn1. The van der Waals surface area contributed by atoms with Crippen LogP contribution in [0, 0.1) is 18.3 Å². The molecule has 1 amide bonds. The lowest BCUT2D eigenvalue weighted by atomic mass is 10.0. The van der Waals surface area contributed by atoms with Gasteiger partial charge in [-0.15, -0.1) is 0 Å². The number of benzene rings is 1. The molecule has 0 unspecified atom stereocenters. The molecule has 2 aromatic rings. The second-order valence-corrected chi connectivity index (χ2v) is 5.65. The predicted molar refractivity (Wildman–Crippen MR) is 100 cm³/mol. The highest BCUT2D eigenvalue weighted by molar-refractivity contribution is 6.07. The maximum Gasteiger partial charge on any atom is 0.267 e. The van der Waals surface area contributed by atoms with Gasteiger partial charge in [-0.1, -0.05) is 32.0 Å². The zero-order valence-electron chi connectivity index (χ0n) is 14.8. The summed E-state index contributed by atoms with van der Waals surface area (Å²) in [4.78, 5) is 16.7. The zero-order valence-corrected chi connectivity index (χ0v) is 14.8. The van der Waals surface area contributed by atoms with Crippen molar-refractivity contribution in [3.05, 3.63) is 65.0 Å². The number of carbonyl (C=O) groups excluding carboxylic acids is 1. The summed E-state index contributed by atoms with van der Waals surface area (Å²) < 4.78 is 0. The Bertz CT molecular complexity index is 812. The number of nitriles is 1. The van der Waals surface area contributed by atoms with Crippen LogP contribution in [-0.2, 0) is 17.6 Å². The van der Waals surface area contributed by atoms with Gasteiger partial charge in [-0.25, -0.2) is 4.98 Å². The number of rotatable bonds is 6. The average molecular weight is 334 g/mol. The molecule has 0 saturated heterocycles. The first-order valence-corrected chi connectivity index (χ1v) is 8.30. The number of pyridine rings is 1. The molecule has 2 rings (SSSR count). The summed E-state index contributed by atoms with van der Waals surface area (Å²) in [5.41, 5.74) is 3.94. The third kappa shape index (κ3) is 4.67. The maximum atomic E-state index is 12.5. The number of aryl methyl sites for hydroxylation is 3. The van der Waals surface area contributed by atoms with Gasteiger partial charge in [0.1, 0.15) is 17.5 Å². The van der Waals surface area contributed by atoms with Crippen molar-refractivity contribution < 1.29 is 4.79 Å². The summed E-state index contributed by atoms with van der Waals surface area (Å²) in [7, 11) is 0. The summed E-state index contributed by atoms with van der Waals surface area (Å²) in [6.07, 6.45) is 4.67. The molecule has 0 saturated carbocycles. The van der Waals surface area contributed by atoms with E-state index in [9.17, 15) is 10.1 Å². The van der Waals surface area contributed by atoms with Crippen molar-refractivity contribution in [2.45, 2.75) is 33.6 Å². The van der Waals surface area contributed by atoms with Gasteiger partial charge >= 0.3 is 0 Å². The number of hydrogen-bond donors (Lipinski definition) is 2. The molecule has 25 heavy (non-hydrogen) atoms. The fraction of sp³-hybridized carbons (Fsp3) is 0.250. The van der Waals surface area contributed by atoms with Gasteiger partial charge in [0, 0.05) is 18.1 Å². The molecule has 1 aromatic heterocycles. The summed E-state index contributed by atoms with van der Waals surface area (Å²) in [6, 6.07) is 11.6. The second-order valence-electron chi connectivity index (χ2n) is 5.65. The van der Waals surface area contributed by atoms with Gasteiger partial charge in [0.25, 0.3) is 5.91 Å². The fourth-order valence-electron chi connectivity index (χ4n) is 2.49. The van der Waals surface area contributed by atoms with Crippen LogP contribution >= 0.6 is 0 Å². The van der Waals surface area contributed by atoms with Crippen molar-refractivity contribution in [3.8, 4) is 6.07 Å². The highest BCUT2D eigenvalue weighted by Gasteiger charge is 2.14. The fourth-order valence-corrected chi connectivity index (χ4v) is 2.49. The third-order valence-corrected chi connectivity index (χ3v) is 3.88. The normalized spacial score (nSPS) is 10.9. The number of amides is 1. The van der Waals surface area contributed by atoms with Crippen molar-refractivity contribution in [2.75, 3.05) is 10.6 Å². The molecule has 0 aliphatic carbocycles. The van der Waals surface area contributed by atoms with Gasteiger partial charge in [-0.2, -0.15) is 5.26 Å². The molecule has 0 bridgehead atoms. The van der Waals surface area contributed by atoms with E-state index in [2.05, 4.69) is 15.6 Å². The Balaban J connectivity index is 2.21. The first kappa shape index (κ1) is 18.2. The van der Waals surface area contributed by atoms with Crippen LogP contribution in [0.4, 0.5) is 11.5 Å². The quantitative estimate of drug-likeness (QED) is 0.619. The Morgan fingerprint density at radius 1 is 1.24 bits per heavy atom. The molecule has 2 N–H and O–H groups in total.